The van der Waals surface area contributed by atoms with Gasteiger partial charge >= 0.3 is 0 Å². The molecule has 2 heterocycles. The normalized spacial score (nSPS) is 10.8. The van der Waals surface area contributed by atoms with Gasteiger partial charge in [-0.25, -0.2) is 0 Å². The molecule has 0 bridgehead atoms. The highest BCUT2D eigenvalue weighted by atomic mass is 32.2. The van der Waals surface area contributed by atoms with E-state index in [2.05, 4.69) is 15.5 Å². The van der Waals surface area contributed by atoms with E-state index in [4.69, 9.17) is 0 Å². The summed E-state index contributed by atoms with van der Waals surface area (Å²) in [4.78, 5) is 12.2. The van der Waals surface area contributed by atoms with Gasteiger partial charge in [-0.15, -0.1) is 10.2 Å². The van der Waals surface area contributed by atoms with E-state index in [0.29, 0.717) is 5.75 Å². The molecule has 0 aliphatic carbocycles. The molecule has 108 valence electrons. The maximum absolute atomic E-state index is 12.2. The number of hydrogen-bond acceptors (Lipinski definition) is 6. The fraction of sp³-hybridized carbons (Fsp3) is 0.462. The lowest BCUT2D eigenvalue weighted by Crippen LogP contribution is -2.04. The zero-order chi connectivity index (χ0) is 14.7. The molecule has 5 nitrogen and oxygen atoms in total. The molecule has 0 spiro atoms. The van der Waals surface area contributed by atoms with Crippen LogP contribution in [-0.2, 0) is 7.05 Å². The summed E-state index contributed by atoms with van der Waals surface area (Å²) in [6.07, 6.45) is 0. The van der Waals surface area contributed by atoms with Gasteiger partial charge in [-0.05, 0) is 26.8 Å². The van der Waals surface area contributed by atoms with Crippen molar-refractivity contribution in [3.05, 3.63) is 23.0 Å². The molecule has 0 atom stereocenters. The van der Waals surface area contributed by atoms with Gasteiger partial charge in [-0.3, -0.25) is 4.79 Å². The summed E-state index contributed by atoms with van der Waals surface area (Å²) in [7, 11) is 1.97. The van der Waals surface area contributed by atoms with Crippen LogP contribution in [0.3, 0.4) is 0 Å². The first kappa shape index (κ1) is 15.1. The summed E-state index contributed by atoms with van der Waals surface area (Å²) in [6, 6.07) is 1.95. The number of aromatic nitrogens is 3. The fourth-order valence-corrected chi connectivity index (χ4v) is 3.54. The van der Waals surface area contributed by atoms with Crippen LogP contribution in [0.15, 0.2) is 10.4 Å². The summed E-state index contributed by atoms with van der Waals surface area (Å²) < 4.78 is 2.85. The number of aryl methyl sites for hydroxylation is 1. The number of nitrogens with one attached hydrogen (secondary N) is 1. The summed E-state index contributed by atoms with van der Waals surface area (Å²) >= 11 is 2.92. The molecule has 0 radical (unpaired) electrons. The first-order valence-corrected chi connectivity index (χ1v) is 8.19. The highest BCUT2D eigenvalue weighted by Crippen LogP contribution is 2.26. The first-order valence-electron chi connectivity index (χ1n) is 6.39. The number of nitrogens with zero attached hydrogens (tertiary/aromatic N) is 3. The Morgan fingerprint density at radius 3 is 2.80 bits per heavy atom. The lowest BCUT2D eigenvalue weighted by atomic mass is 10.2. The van der Waals surface area contributed by atoms with Crippen LogP contribution < -0.4 is 5.32 Å². The number of ketones is 1. The third kappa shape index (κ3) is 3.21. The van der Waals surface area contributed by atoms with Gasteiger partial charge in [-0.1, -0.05) is 23.1 Å². The highest BCUT2D eigenvalue weighted by molar-refractivity contribution is 8.01. The second-order valence-electron chi connectivity index (χ2n) is 4.46. The van der Waals surface area contributed by atoms with E-state index in [9.17, 15) is 4.79 Å². The van der Waals surface area contributed by atoms with E-state index in [1.165, 1.54) is 23.1 Å². The van der Waals surface area contributed by atoms with Crippen LogP contribution in [0, 0.1) is 13.8 Å². The quantitative estimate of drug-likeness (QED) is 0.656. The lowest BCUT2D eigenvalue weighted by Gasteiger charge is -2.01. The molecular weight excluding hydrogens is 292 g/mol. The van der Waals surface area contributed by atoms with E-state index in [-0.39, 0.29) is 5.78 Å². The van der Waals surface area contributed by atoms with Crippen molar-refractivity contribution in [1.82, 2.24) is 14.8 Å². The zero-order valence-electron chi connectivity index (χ0n) is 12.1. The maximum Gasteiger partial charge on any atom is 0.206 e. The average Bonchev–Trinajstić information content (AvgIpc) is 2.97. The number of hydrogen-bond donors (Lipinski definition) is 1. The number of thioether (sulfide) groups is 1. The Bertz CT molecular complexity index is 618. The van der Waals surface area contributed by atoms with E-state index in [1.807, 2.05) is 38.5 Å². The third-order valence-corrected chi connectivity index (χ3v) is 5.15. The maximum atomic E-state index is 12.2. The van der Waals surface area contributed by atoms with Crippen LogP contribution in [0.25, 0.3) is 0 Å². The van der Waals surface area contributed by atoms with Crippen molar-refractivity contribution < 1.29 is 4.79 Å². The van der Waals surface area contributed by atoms with Crippen LogP contribution in [0.1, 0.15) is 28.7 Å². The predicted octanol–water partition coefficient (Wildman–Crippen LogP) is 2.90. The topological polar surface area (TPSA) is 59.8 Å². The molecule has 2 rings (SSSR count). The Labute approximate surface area is 126 Å². The average molecular weight is 310 g/mol. The fourth-order valence-electron chi connectivity index (χ4n) is 1.83. The molecule has 0 unspecified atom stereocenters. The van der Waals surface area contributed by atoms with E-state index >= 15 is 0 Å². The van der Waals surface area contributed by atoms with Gasteiger partial charge in [-0.2, -0.15) is 0 Å². The Hall–Kier alpha value is -1.34. The Morgan fingerprint density at radius 1 is 1.45 bits per heavy atom. The van der Waals surface area contributed by atoms with Crippen molar-refractivity contribution in [3.8, 4) is 0 Å². The van der Waals surface area contributed by atoms with Crippen molar-refractivity contribution in [3.63, 3.8) is 0 Å². The Balaban J connectivity index is 1.99. The minimum absolute atomic E-state index is 0.136. The number of Topliss-reactive ketones (excluding diaryl/α,β-unsaturated/α-hetero) is 1. The molecule has 1 N–H and O–H groups in total. The monoisotopic (exact) mass is 310 g/mol. The standard InChI is InChI=1S/C13H18N4OS2/c1-5-14-12-15-16-13(20-12)19-7-11(18)10-6-8(2)17(4)9(10)3/h6H,5,7H2,1-4H3,(H,14,15). The largest absolute Gasteiger partial charge is 0.360 e. The predicted molar refractivity (Wildman–Crippen MR) is 84.0 cm³/mol. The highest BCUT2D eigenvalue weighted by Gasteiger charge is 2.15. The summed E-state index contributed by atoms with van der Waals surface area (Å²) in [5.74, 6) is 0.529. The molecule has 2 aromatic heterocycles. The second kappa shape index (κ2) is 6.41. The van der Waals surface area contributed by atoms with Crippen LogP contribution in [0.5, 0.6) is 0 Å². The van der Waals surface area contributed by atoms with Crippen LogP contribution in [0.2, 0.25) is 0 Å². The van der Waals surface area contributed by atoms with Crippen molar-refractivity contribution >= 4 is 34.0 Å². The van der Waals surface area contributed by atoms with Crippen molar-refractivity contribution in [2.45, 2.75) is 25.1 Å². The summed E-state index contributed by atoms with van der Waals surface area (Å²) in [5, 5.41) is 12.0. The molecule has 2 aromatic rings. The number of carbonyl (C=O) groups is 1. The minimum Gasteiger partial charge on any atom is -0.360 e. The number of anilines is 1. The number of rotatable bonds is 6. The van der Waals surface area contributed by atoms with Crippen LogP contribution in [-0.4, -0.2) is 32.8 Å². The zero-order valence-corrected chi connectivity index (χ0v) is 13.7. The van der Waals surface area contributed by atoms with Gasteiger partial charge in [0.2, 0.25) is 5.13 Å². The van der Waals surface area contributed by atoms with E-state index in [0.717, 1.165) is 33.0 Å². The molecule has 0 saturated carbocycles. The summed E-state index contributed by atoms with van der Waals surface area (Å²) in [6.45, 7) is 6.81. The number of carbonyl (C=O) groups excluding carboxylic acids is 1. The molecule has 0 fully saturated rings. The van der Waals surface area contributed by atoms with Gasteiger partial charge in [0, 0.05) is 30.5 Å². The molecule has 20 heavy (non-hydrogen) atoms. The molecular formula is C13H18N4OS2. The van der Waals surface area contributed by atoms with Crippen molar-refractivity contribution in [2.75, 3.05) is 17.6 Å². The van der Waals surface area contributed by atoms with Gasteiger partial charge in [0.05, 0.1) is 5.75 Å². The SMILES string of the molecule is CCNc1nnc(SCC(=O)c2cc(C)n(C)c2C)s1. The van der Waals surface area contributed by atoms with E-state index < -0.39 is 0 Å². The van der Waals surface area contributed by atoms with Gasteiger partial charge in [0.15, 0.2) is 10.1 Å². The third-order valence-electron chi connectivity index (χ3n) is 3.14. The molecule has 7 heteroatoms. The van der Waals surface area contributed by atoms with Gasteiger partial charge < -0.3 is 9.88 Å². The van der Waals surface area contributed by atoms with Crippen LogP contribution >= 0.6 is 23.1 Å². The van der Waals surface area contributed by atoms with Crippen molar-refractivity contribution in [2.24, 2.45) is 7.05 Å². The second-order valence-corrected chi connectivity index (χ2v) is 6.66. The molecule has 0 saturated heterocycles. The molecule has 0 aliphatic heterocycles. The Kier molecular flexibility index (Phi) is 4.82. The minimum atomic E-state index is 0.136. The lowest BCUT2D eigenvalue weighted by molar-refractivity contribution is 0.102. The molecule has 0 amide bonds. The van der Waals surface area contributed by atoms with Crippen molar-refractivity contribution in [1.29, 1.82) is 0 Å². The van der Waals surface area contributed by atoms with Gasteiger partial charge in [0.1, 0.15) is 0 Å². The van der Waals surface area contributed by atoms with Gasteiger partial charge in [0.25, 0.3) is 0 Å². The molecule has 0 aromatic carbocycles. The molecule has 0 aliphatic rings. The van der Waals surface area contributed by atoms with Crippen LogP contribution in [0.4, 0.5) is 5.13 Å². The smallest absolute Gasteiger partial charge is 0.206 e. The summed E-state index contributed by atoms with van der Waals surface area (Å²) in [5.41, 5.74) is 2.91. The van der Waals surface area contributed by atoms with E-state index in [1.54, 1.807) is 0 Å². The first-order chi connectivity index (χ1) is 9.52. The Morgan fingerprint density at radius 2 is 2.20 bits per heavy atom.